The smallest absolute Gasteiger partial charge is 0.249 e. The average molecular weight is 249 g/mol. The first-order valence-electron chi connectivity index (χ1n) is 5.99. The van der Waals surface area contributed by atoms with Gasteiger partial charge in [-0.2, -0.15) is 0 Å². The first-order chi connectivity index (χ1) is 7.36. The van der Waals surface area contributed by atoms with Crippen molar-refractivity contribution in [3.63, 3.8) is 0 Å². The number of carbonyl (C=O) groups is 1. The van der Waals surface area contributed by atoms with Crippen molar-refractivity contribution in [2.24, 2.45) is 0 Å². The van der Waals surface area contributed by atoms with Gasteiger partial charge >= 0.3 is 0 Å². The highest BCUT2D eigenvalue weighted by atomic mass is 35.5. The summed E-state index contributed by atoms with van der Waals surface area (Å²) in [6.45, 7) is 2.71. The lowest BCUT2D eigenvalue weighted by Gasteiger charge is -2.27. The van der Waals surface area contributed by atoms with Crippen LogP contribution in [-0.4, -0.2) is 37.7 Å². The lowest BCUT2D eigenvalue weighted by molar-refractivity contribution is -0.136. The molecule has 16 heavy (non-hydrogen) atoms. The van der Waals surface area contributed by atoms with E-state index in [0.29, 0.717) is 6.04 Å². The Bertz CT molecular complexity index is 214. The zero-order valence-corrected chi connectivity index (χ0v) is 10.4. The monoisotopic (exact) mass is 248 g/mol. The zero-order chi connectivity index (χ0) is 10.5. The van der Waals surface area contributed by atoms with Gasteiger partial charge in [-0.3, -0.25) is 4.79 Å². The van der Waals surface area contributed by atoms with Gasteiger partial charge in [-0.25, -0.2) is 0 Å². The van der Waals surface area contributed by atoms with E-state index in [4.69, 9.17) is 4.74 Å². The predicted octanol–water partition coefficient (Wildman–Crippen LogP) is 0.845. The van der Waals surface area contributed by atoms with Crippen molar-refractivity contribution in [3.8, 4) is 0 Å². The van der Waals surface area contributed by atoms with Crippen molar-refractivity contribution < 1.29 is 9.53 Å². The lowest BCUT2D eigenvalue weighted by atomic mass is 10.1. The van der Waals surface area contributed by atoms with E-state index in [2.05, 4.69) is 10.6 Å². The third kappa shape index (κ3) is 3.92. The summed E-state index contributed by atoms with van der Waals surface area (Å²) in [6, 6.07) is 0.303. The van der Waals surface area contributed by atoms with Crippen LogP contribution in [0.1, 0.15) is 32.1 Å². The first-order valence-corrected chi connectivity index (χ1v) is 5.99. The molecular formula is C11H21ClN2O2. The minimum absolute atomic E-state index is 0. The number of ether oxygens (including phenoxy) is 1. The van der Waals surface area contributed by atoms with E-state index in [1.807, 2.05) is 0 Å². The lowest BCUT2D eigenvalue weighted by Crippen LogP contribution is -2.49. The third-order valence-corrected chi connectivity index (χ3v) is 3.12. The van der Waals surface area contributed by atoms with Gasteiger partial charge in [0.1, 0.15) is 6.10 Å². The van der Waals surface area contributed by atoms with Gasteiger partial charge in [0.05, 0.1) is 0 Å². The molecule has 0 saturated carbocycles. The number of carbonyl (C=O) groups excluding carboxylic acids is 1. The molecule has 0 bridgehead atoms. The van der Waals surface area contributed by atoms with E-state index in [-0.39, 0.29) is 24.4 Å². The molecule has 4 nitrogen and oxygen atoms in total. The Morgan fingerprint density at radius 1 is 1.25 bits per heavy atom. The number of halogens is 1. The zero-order valence-electron chi connectivity index (χ0n) is 9.54. The summed E-state index contributed by atoms with van der Waals surface area (Å²) in [6.07, 6.45) is 5.13. The number of hydrogen-bond donors (Lipinski definition) is 2. The van der Waals surface area contributed by atoms with E-state index in [1.165, 1.54) is 0 Å². The maximum absolute atomic E-state index is 11.8. The topological polar surface area (TPSA) is 50.4 Å². The Labute approximate surface area is 103 Å². The molecule has 2 saturated heterocycles. The number of piperidine rings is 1. The molecule has 2 fully saturated rings. The number of amides is 1. The van der Waals surface area contributed by atoms with E-state index in [0.717, 1.165) is 51.8 Å². The van der Waals surface area contributed by atoms with Crippen LogP contribution in [0.2, 0.25) is 0 Å². The van der Waals surface area contributed by atoms with Crippen LogP contribution in [0.5, 0.6) is 0 Å². The molecule has 0 aromatic heterocycles. The molecule has 0 aromatic rings. The summed E-state index contributed by atoms with van der Waals surface area (Å²) < 4.78 is 5.45. The second kappa shape index (κ2) is 7.09. The van der Waals surface area contributed by atoms with Gasteiger partial charge < -0.3 is 15.4 Å². The number of rotatable bonds is 2. The average Bonchev–Trinajstić information content (AvgIpc) is 2.31. The highest BCUT2D eigenvalue weighted by Gasteiger charge is 2.24. The van der Waals surface area contributed by atoms with Crippen molar-refractivity contribution in [2.75, 3.05) is 19.7 Å². The van der Waals surface area contributed by atoms with Crippen molar-refractivity contribution in [1.29, 1.82) is 0 Å². The van der Waals surface area contributed by atoms with Crippen molar-refractivity contribution in [2.45, 2.75) is 44.2 Å². The van der Waals surface area contributed by atoms with Gasteiger partial charge in [-0.1, -0.05) is 0 Å². The highest BCUT2D eigenvalue weighted by molar-refractivity contribution is 5.85. The molecule has 2 heterocycles. The molecule has 5 heteroatoms. The van der Waals surface area contributed by atoms with Crippen molar-refractivity contribution in [3.05, 3.63) is 0 Å². The SMILES string of the molecule is Cl.O=C(NC1CCCNC1)C1CCCCO1. The first kappa shape index (κ1) is 13.7. The van der Waals surface area contributed by atoms with E-state index < -0.39 is 0 Å². The molecule has 2 atom stereocenters. The van der Waals surface area contributed by atoms with Gasteiger partial charge in [-0.15, -0.1) is 12.4 Å². The summed E-state index contributed by atoms with van der Waals surface area (Å²) in [5, 5.41) is 6.35. The van der Waals surface area contributed by atoms with Crippen LogP contribution in [0.15, 0.2) is 0 Å². The van der Waals surface area contributed by atoms with Gasteiger partial charge in [0, 0.05) is 19.2 Å². The predicted molar refractivity (Wildman–Crippen MR) is 64.9 cm³/mol. The quantitative estimate of drug-likeness (QED) is 0.762. The molecule has 0 aliphatic carbocycles. The Hall–Kier alpha value is -0.320. The van der Waals surface area contributed by atoms with Crippen LogP contribution in [0.3, 0.4) is 0 Å². The molecule has 2 unspecified atom stereocenters. The van der Waals surface area contributed by atoms with Crippen molar-refractivity contribution >= 4 is 18.3 Å². The third-order valence-electron chi connectivity index (χ3n) is 3.12. The van der Waals surface area contributed by atoms with Gasteiger partial charge in [0.15, 0.2) is 0 Å². The van der Waals surface area contributed by atoms with Gasteiger partial charge in [-0.05, 0) is 38.6 Å². The van der Waals surface area contributed by atoms with Crippen LogP contribution < -0.4 is 10.6 Å². The fourth-order valence-electron chi connectivity index (χ4n) is 2.22. The Morgan fingerprint density at radius 2 is 2.12 bits per heavy atom. The van der Waals surface area contributed by atoms with E-state index >= 15 is 0 Å². The minimum atomic E-state index is -0.194. The van der Waals surface area contributed by atoms with Crippen LogP contribution in [0.25, 0.3) is 0 Å². The largest absolute Gasteiger partial charge is 0.368 e. The highest BCUT2D eigenvalue weighted by Crippen LogP contribution is 2.13. The molecule has 1 amide bonds. The Balaban J connectivity index is 0.00000128. The fraction of sp³-hybridized carbons (Fsp3) is 0.909. The molecule has 0 radical (unpaired) electrons. The fourth-order valence-corrected chi connectivity index (χ4v) is 2.22. The molecule has 0 aromatic carbocycles. The van der Waals surface area contributed by atoms with Gasteiger partial charge in [0.2, 0.25) is 5.91 Å². The second-order valence-corrected chi connectivity index (χ2v) is 4.41. The maximum Gasteiger partial charge on any atom is 0.249 e. The Morgan fingerprint density at radius 3 is 2.75 bits per heavy atom. The molecular weight excluding hydrogens is 228 g/mol. The Kier molecular flexibility index (Phi) is 6.09. The summed E-state index contributed by atoms with van der Waals surface area (Å²) in [5.41, 5.74) is 0. The molecule has 2 N–H and O–H groups in total. The number of nitrogens with one attached hydrogen (secondary N) is 2. The van der Waals surface area contributed by atoms with Crippen molar-refractivity contribution in [1.82, 2.24) is 10.6 Å². The summed E-state index contributed by atoms with van der Waals surface area (Å²) in [4.78, 5) is 11.8. The molecule has 94 valence electrons. The van der Waals surface area contributed by atoms with E-state index in [1.54, 1.807) is 0 Å². The normalized spacial score (nSPS) is 30.2. The molecule has 0 spiro atoms. The van der Waals surface area contributed by atoms with E-state index in [9.17, 15) is 4.79 Å². The standard InChI is InChI=1S/C11H20N2O2.ClH/c14-11(10-5-1-2-7-15-10)13-9-4-3-6-12-8-9;/h9-10,12H,1-8H2,(H,13,14);1H. The summed E-state index contributed by atoms with van der Waals surface area (Å²) in [5.74, 6) is 0.0865. The van der Waals surface area contributed by atoms with Crippen LogP contribution in [0.4, 0.5) is 0 Å². The van der Waals surface area contributed by atoms with Gasteiger partial charge in [0.25, 0.3) is 0 Å². The minimum Gasteiger partial charge on any atom is -0.368 e. The summed E-state index contributed by atoms with van der Waals surface area (Å²) >= 11 is 0. The maximum atomic E-state index is 11.8. The second-order valence-electron chi connectivity index (χ2n) is 4.41. The number of hydrogen-bond acceptors (Lipinski definition) is 3. The molecule has 2 rings (SSSR count). The molecule has 2 aliphatic heterocycles. The van der Waals surface area contributed by atoms with Crippen LogP contribution >= 0.6 is 12.4 Å². The molecule has 2 aliphatic rings. The van der Waals surface area contributed by atoms with Crippen LogP contribution in [0, 0.1) is 0 Å². The van der Waals surface area contributed by atoms with Crippen LogP contribution in [-0.2, 0) is 9.53 Å². The summed E-state index contributed by atoms with van der Waals surface area (Å²) in [7, 11) is 0.